The number of hydrogen-bond donors (Lipinski definition) is 0. The number of hydrogen-bond acceptors (Lipinski definition) is 6. The van der Waals surface area contributed by atoms with E-state index in [9.17, 15) is 4.79 Å². The standard InChI is InChI=1S/C18H25NO6/c1-21-14-10-13(11-15(22-2)16(14)23-3)17(20)19-6-4-12(5-7-19)18-24-8-9-25-18/h10-12,18H,4-9H2,1-3H3. The lowest BCUT2D eigenvalue weighted by atomic mass is 9.95. The Morgan fingerprint density at radius 1 is 1.00 bits per heavy atom. The molecule has 7 heteroatoms. The summed E-state index contributed by atoms with van der Waals surface area (Å²) in [4.78, 5) is 14.7. The minimum atomic E-state index is -0.113. The monoisotopic (exact) mass is 351 g/mol. The third-order valence-electron chi connectivity index (χ3n) is 4.77. The van der Waals surface area contributed by atoms with E-state index in [4.69, 9.17) is 23.7 Å². The fourth-order valence-corrected chi connectivity index (χ4v) is 3.41. The first-order chi connectivity index (χ1) is 12.2. The lowest BCUT2D eigenvalue weighted by Crippen LogP contribution is -2.41. The molecule has 1 amide bonds. The number of likely N-dealkylation sites (tertiary alicyclic amines) is 1. The number of carbonyl (C=O) groups excluding carboxylic acids is 1. The second kappa shape index (κ2) is 7.93. The van der Waals surface area contributed by atoms with Crippen molar-refractivity contribution in [2.45, 2.75) is 19.1 Å². The highest BCUT2D eigenvalue weighted by atomic mass is 16.7. The molecule has 0 spiro atoms. The van der Waals surface area contributed by atoms with E-state index in [1.165, 1.54) is 0 Å². The number of benzene rings is 1. The zero-order chi connectivity index (χ0) is 17.8. The Morgan fingerprint density at radius 2 is 1.56 bits per heavy atom. The number of rotatable bonds is 5. The molecule has 0 saturated carbocycles. The first-order valence-electron chi connectivity index (χ1n) is 8.50. The van der Waals surface area contributed by atoms with E-state index in [1.54, 1.807) is 33.5 Å². The van der Waals surface area contributed by atoms with Crippen molar-refractivity contribution in [3.8, 4) is 17.2 Å². The summed E-state index contributed by atoms with van der Waals surface area (Å²) in [7, 11) is 4.62. The van der Waals surface area contributed by atoms with Crippen molar-refractivity contribution in [2.24, 2.45) is 5.92 Å². The SMILES string of the molecule is COc1cc(C(=O)N2CCC(C3OCCO3)CC2)cc(OC)c1OC. The van der Waals surface area contributed by atoms with Gasteiger partial charge in [-0.05, 0) is 25.0 Å². The van der Waals surface area contributed by atoms with Crippen molar-refractivity contribution in [1.82, 2.24) is 4.90 Å². The van der Waals surface area contributed by atoms with Crippen molar-refractivity contribution in [1.29, 1.82) is 0 Å². The second-order valence-electron chi connectivity index (χ2n) is 6.15. The van der Waals surface area contributed by atoms with Crippen LogP contribution in [0.25, 0.3) is 0 Å². The van der Waals surface area contributed by atoms with Gasteiger partial charge in [0.05, 0.1) is 34.5 Å². The minimum Gasteiger partial charge on any atom is -0.493 e. The van der Waals surface area contributed by atoms with E-state index in [-0.39, 0.29) is 12.2 Å². The van der Waals surface area contributed by atoms with Gasteiger partial charge in [-0.15, -0.1) is 0 Å². The van der Waals surface area contributed by atoms with Crippen LogP contribution in [-0.4, -0.2) is 64.7 Å². The molecule has 0 aromatic heterocycles. The molecule has 0 unspecified atom stereocenters. The predicted molar refractivity (Wildman–Crippen MR) is 90.4 cm³/mol. The largest absolute Gasteiger partial charge is 0.493 e. The van der Waals surface area contributed by atoms with Crippen LogP contribution in [0.1, 0.15) is 23.2 Å². The first kappa shape index (κ1) is 17.8. The van der Waals surface area contributed by atoms with E-state index >= 15 is 0 Å². The van der Waals surface area contributed by atoms with Crippen molar-refractivity contribution in [2.75, 3.05) is 47.6 Å². The number of ether oxygens (including phenoxy) is 5. The zero-order valence-electron chi connectivity index (χ0n) is 14.9. The Bertz CT molecular complexity index is 581. The van der Waals surface area contributed by atoms with Gasteiger partial charge in [-0.3, -0.25) is 4.79 Å². The maximum absolute atomic E-state index is 12.9. The molecule has 0 radical (unpaired) electrons. The average molecular weight is 351 g/mol. The average Bonchev–Trinajstić information content (AvgIpc) is 3.21. The van der Waals surface area contributed by atoms with Gasteiger partial charge in [0.15, 0.2) is 17.8 Å². The number of nitrogens with zero attached hydrogens (tertiary/aromatic N) is 1. The zero-order valence-corrected chi connectivity index (χ0v) is 14.9. The normalized spacial score (nSPS) is 19.1. The quantitative estimate of drug-likeness (QED) is 0.808. The Morgan fingerprint density at radius 3 is 2.04 bits per heavy atom. The molecule has 2 aliphatic rings. The molecule has 3 rings (SSSR count). The summed E-state index contributed by atoms with van der Waals surface area (Å²) >= 11 is 0. The number of methoxy groups -OCH3 is 3. The molecule has 0 N–H and O–H groups in total. The highest BCUT2D eigenvalue weighted by molar-refractivity contribution is 5.95. The van der Waals surface area contributed by atoms with Gasteiger partial charge >= 0.3 is 0 Å². The van der Waals surface area contributed by atoms with Gasteiger partial charge in [0, 0.05) is 24.6 Å². The van der Waals surface area contributed by atoms with E-state index < -0.39 is 0 Å². The Hall–Kier alpha value is -1.99. The van der Waals surface area contributed by atoms with Crippen molar-refractivity contribution in [3.05, 3.63) is 17.7 Å². The predicted octanol–water partition coefficient (Wildman–Crippen LogP) is 1.94. The molecular weight excluding hydrogens is 326 g/mol. The van der Waals surface area contributed by atoms with Crippen LogP contribution in [0.15, 0.2) is 12.1 Å². The Balaban J connectivity index is 1.71. The first-order valence-corrected chi connectivity index (χ1v) is 8.50. The molecule has 1 aromatic carbocycles. The summed E-state index contributed by atoms with van der Waals surface area (Å²) in [5.74, 6) is 1.76. The fourth-order valence-electron chi connectivity index (χ4n) is 3.41. The molecule has 2 fully saturated rings. The Kier molecular flexibility index (Phi) is 5.65. The van der Waals surface area contributed by atoms with Gasteiger partial charge in [0.25, 0.3) is 5.91 Å². The molecule has 2 aliphatic heterocycles. The summed E-state index contributed by atoms with van der Waals surface area (Å²) in [5.41, 5.74) is 0.529. The summed E-state index contributed by atoms with van der Waals surface area (Å²) < 4.78 is 27.1. The highest BCUT2D eigenvalue weighted by Crippen LogP contribution is 2.38. The topological polar surface area (TPSA) is 66.5 Å². The van der Waals surface area contributed by atoms with Gasteiger partial charge in [-0.1, -0.05) is 0 Å². The van der Waals surface area contributed by atoms with E-state index in [0.29, 0.717) is 55.0 Å². The Labute approximate surface area is 147 Å². The van der Waals surface area contributed by atoms with Gasteiger partial charge in [0.1, 0.15) is 0 Å². The summed E-state index contributed by atoms with van der Waals surface area (Å²) in [5, 5.41) is 0. The van der Waals surface area contributed by atoms with Crippen LogP contribution < -0.4 is 14.2 Å². The van der Waals surface area contributed by atoms with Crippen LogP contribution in [0, 0.1) is 5.92 Å². The third kappa shape index (κ3) is 3.67. The van der Waals surface area contributed by atoms with E-state index in [1.807, 2.05) is 4.90 Å². The maximum atomic E-state index is 12.9. The van der Waals surface area contributed by atoms with E-state index in [0.717, 1.165) is 12.8 Å². The van der Waals surface area contributed by atoms with Crippen LogP contribution in [-0.2, 0) is 9.47 Å². The number of carbonyl (C=O) groups is 1. The van der Waals surface area contributed by atoms with Gasteiger partial charge in [-0.2, -0.15) is 0 Å². The molecule has 0 aliphatic carbocycles. The summed E-state index contributed by atoms with van der Waals surface area (Å²) in [6.07, 6.45) is 1.64. The molecule has 1 aromatic rings. The molecule has 2 heterocycles. The minimum absolute atomic E-state index is 0.0361. The molecular formula is C18H25NO6. The van der Waals surface area contributed by atoms with Crippen LogP contribution in [0.3, 0.4) is 0 Å². The molecule has 0 bridgehead atoms. The lowest BCUT2D eigenvalue weighted by Gasteiger charge is -2.34. The third-order valence-corrected chi connectivity index (χ3v) is 4.77. The number of piperidine rings is 1. The van der Waals surface area contributed by atoms with Crippen molar-refractivity contribution in [3.63, 3.8) is 0 Å². The van der Waals surface area contributed by atoms with Gasteiger partial charge in [-0.25, -0.2) is 0 Å². The van der Waals surface area contributed by atoms with Crippen LogP contribution in [0.5, 0.6) is 17.2 Å². The molecule has 138 valence electrons. The van der Waals surface area contributed by atoms with Gasteiger partial charge in [0.2, 0.25) is 5.75 Å². The second-order valence-corrected chi connectivity index (χ2v) is 6.15. The van der Waals surface area contributed by atoms with Crippen molar-refractivity contribution < 1.29 is 28.5 Å². The van der Waals surface area contributed by atoms with Crippen LogP contribution in [0.4, 0.5) is 0 Å². The van der Waals surface area contributed by atoms with E-state index in [2.05, 4.69) is 0 Å². The molecule has 0 atom stereocenters. The fraction of sp³-hybridized carbons (Fsp3) is 0.611. The van der Waals surface area contributed by atoms with Crippen LogP contribution >= 0.6 is 0 Å². The van der Waals surface area contributed by atoms with Crippen LogP contribution in [0.2, 0.25) is 0 Å². The summed E-state index contributed by atoms with van der Waals surface area (Å²) in [6.45, 7) is 2.69. The molecule has 2 saturated heterocycles. The lowest BCUT2D eigenvalue weighted by molar-refractivity contribution is -0.0956. The highest BCUT2D eigenvalue weighted by Gasteiger charge is 2.32. The summed E-state index contributed by atoms with van der Waals surface area (Å²) in [6, 6.07) is 3.39. The molecule has 25 heavy (non-hydrogen) atoms. The number of amides is 1. The van der Waals surface area contributed by atoms with Gasteiger partial charge < -0.3 is 28.6 Å². The van der Waals surface area contributed by atoms with Crippen molar-refractivity contribution >= 4 is 5.91 Å². The molecule has 7 nitrogen and oxygen atoms in total. The smallest absolute Gasteiger partial charge is 0.254 e. The maximum Gasteiger partial charge on any atom is 0.254 e.